The Morgan fingerprint density at radius 1 is 0.740 bits per heavy atom. The average molecular weight is 1050 g/mol. The van der Waals surface area contributed by atoms with E-state index in [9.17, 15) is 22.9 Å². The van der Waals surface area contributed by atoms with Crippen LogP contribution in [0.4, 0.5) is 5.69 Å². The third-order valence-electron chi connectivity index (χ3n) is 12.0. The molecule has 19 heteroatoms. The third kappa shape index (κ3) is 22.0. The van der Waals surface area contributed by atoms with Gasteiger partial charge in [-0.1, -0.05) is 53.2 Å². The van der Waals surface area contributed by atoms with Crippen LogP contribution in [0.25, 0.3) is 17.4 Å². The van der Waals surface area contributed by atoms with E-state index in [0.717, 1.165) is 64.3 Å². The highest BCUT2D eigenvalue weighted by atomic mass is 32.2. The van der Waals surface area contributed by atoms with Crippen molar-refractivity contribution in [3.8, 4) is 11.3 Å². The molecular weight excluding hydrogens is 963 g/mol. The lowest BCUT2D eigenvalue weighted by Crippen LogP contribution is -2.36. The molecule has 1 aromatic carbocycles. The fourth-order valence-corrected chi connectivity index (χ4v) is 8.49. The Bertz CT molecular complexity index is 2260. The van der Waals surface area contributed by atoms with E-state index in [0.29, 0.717) is 138 Å². The van der Waals surface area contributed by atoms with Crippen LogP contribution in [0.5, 0.6) is 0 Å². The summed E-state index contributed by atoms with van der Waals surface area (Å²) < 4.78 is 93.8. The molecule has 0 bridgehead atoms. The van der Waals surface area contributed by atoms with E-state index in [-0.39, 0.29) is 16.7 Å². The number of likely N-dealkylation sites (N-methyl/N-ethyl adjacent to an activating group) is 1. The first-order valence-electron chi connectivity index (χ1n) is 25.5. The SMILES string of the molecule is CNCCOCCOCCOCCOCC[N+](CCOCCOCCOCCOCCOC)=c1ccc2c(C=CC=C3N(CCCCCC(=O)O)c4ccc(S(=O)(=O)O)cc4C3(C)C)cc(C(C)(C)C)oc-2c1. The number of nitrogens with zero attached hydrogens (tertiary/aromatic N) is 2. The molecule has 1 aliphatic carbocycles. The number of carboxylic acid groups (broad SMARTS) is 1. The van der Waals surface area contributed by atoms with Gasteiger partial charge in [-0.05, 0) is 67.4 Å². The number of nitrogens with one attached hydrogen (secondary N) is 1. The number of carboxylic acids is 1. The minimum atomic E-state index is -4.43. The van der Waals surface area contributed by atoms with Crippen molar-refractivity contribution in [2.75, 3.05) is 158 Å². The number of ether oxygens (including phenoxy) is 9. The number of fused-ring (bicyclic) bond motifs is 2. The quantitative estimate of drug-likeness (QED) is 0.0338. The number of rotatable bonds is 39. The number of allylic oxidation sites excluding steroid dienone is 3. The van der Waals surface area contributed by atoms with Crippen LogP contribution in [0.15, 0.2) is 69.6 Å². The molecule has 0 unspecified atom stereocenters. The Balaban J connectivity index is 1.52. The molecule has 4 rings (SSSR count). The minimum absolute atomic E-state index is 0.103. The van der Waals surface area contributed by atoms with Crippen molar-refractivity contribution in [3.63, 3.8) is 0 Å². The molecule has 0 atom stereocenters. The zero-order chi connectivity index (χ0) is 53.0. The van der Waals surface area contributed by atoms with Gasteiger partial charge in [-0.15, -0.1) is 0 Å². The molecule has 1 aromatic rings. The highest BCUT2D eigenvalue weighted by Crippen LogP contribution is 2.48. The molecule has 18 nitrogen and oxygen atoms in total. The summed E-state index contributed by atoms with van der Waals surface area (Å²) in [6, 6.07) is 13.0. The molecule has 0 saturated carbocycles. The molecule has 3 aliphatic rings. The molecule has 2 heterocycles. The van der Waals surface area contributed by atoms with Gasteiger partial charge >= 0.3 is 5.97 Å². The van der Waals surface area contributed by atoms with Crippen LogP contribution >= 0.6 is 0 Å². The van der Waals surface area contributed by atoms with E-state index >= 15 is 0 Å². The standard InChI is InChI=1S/C54H83N3O15S/c1-53(2,3)51-40-43(12-11-13-50-54(4,5)47-42-45(73(60,61)62)16-18-48(47)57(50)20-10-8-9-14-52(58)59)46-17-15-44(41-49(46)72-51)56(21-24-65-29-32-69-37-36-68-31-28-64-23-19-55-6)22-25-66-30-33-70-38-39-71-35-34-67-27-26-63-7/h11-13,15-18,40-42,55H,8-10,14,19-39H2,1-7H3,(H-,58,59,60,61,62)/p+1. The molecular formula is C54H84N3O15S+. The van der Waals surface area contributed by atoms with E-state index < -0.39 is 21.5 Å². The second-order valence-electron chi connectivity index (χ2n) is 19.0. The molecule has 410 valence electrons. The van der Waals surface area contributed by atoms with Crippen LogP contribution in [-0.2, 0) is 68.4 Å². The van der Waals surface area contributed by atoms with Crippen LogP contribution < -0.4 is 20.1 Å². The van der Waals surface area contributed by atoms with Crippen molar-refractivity contribution in [1.29, 1.82) is 0 Å². The smallest absolute Gasteiger partial charge is 0.303 e. The molecule has 0 aromatic heterocycles. The van der Waals surface area contributed by atoms with Crippen LogP contribution in [0.2, 0.25) is 0 Å². The number of aliphatic carboxylic acids is 1. The maximum atomic E-state index is 12.2. The number of benzene rings is 2. The summed E-state index contributed by atoms with van der Waals surface area (Å²) in [5.74, 6) is 0.703. The summed E-state index contributed by atoms with van der Waals surface area (Å²) >= 11 is 0. The molecule has 73 heavy (non-hydrogen) atoms. The number of carbonyl (C=O) groups is 1. The number of anilines is 1. The van der Waals surface area contributed by atoms with Crippen LogP contribution in [0, 0.1) is 0 Å². The van der Waals surface area contributed by atoms with Gasteiger partial charge in [0.2, 0.25) is 5.36 Å². The summed E-state index contributed by atoms with van der Waals surface area (Å²) in [6.07, 6.45) is 8.25. The summed E-state index contributed by atoms with van der Waals surface area (Å²) in [4.78, 5) is 13.2. The lowest BCUT2D eigenvalue weighted by molar-refractivity contribution is -0.137. The Kier molecular flexibility index (Phi) is 27.8. The summed E-state index contributed by atoms with van der Waals surface area (Å²) in [5, 5.41) is 13.2. The van der Waals surface area contributed by atoms with Gasteiger partial charge < -0.3 is 62.4 Å². The highest BCUT2D eigenvalue weighted by molar-refractivity contribution is 7.85. The van der Waals surface area contributed by atoms with Gasteiger partial charge in [0.25, 0.3) is 10.1 Å². The lowest BCUT2D eigenvalue weighted by atomic mass is 9.83. The normalized spacial score (nSPS) is 14.8. The molecule has 0 spiro atoms. The number of hydrogen-bond donors (Lipinski definition) is 3. The van der Waals surface area contributed by atoms with Crippen molar-refractivity contribution in [2.45, 2.75) is 76.0 Å². The van der Waals surface area contributed by atoms with Crippen molar-refractivity contribution in [1.82, 2.24) is 9.89 Å². The van der Waals surface area contributed by atoms with Crippen LogP contribution in [0.3, 0.4) is 0 Å². The highest BCUT2D eigenvalue weighted by Gasteiger charge is 2.40. The molecule has 0 saturated heterocycles. The molecule has 0 radical (unpaired) electrons. The number of methoxy groups -OCH3 is 1. The number of unbranched alkanes of at least 4 members (excludes halogenated alkanes) is 2. The fraction of sp³-hybridized carbons (Fsp3) is 0.630. The minimum Gasteiger partial charge on any atom is -0.481 e. The van der Waals surface area contributed by atoms with Gasteiger partial charge in [0, 0.05) is 60.5 Å². The Morgan fingerprint density at radius 2 is 1.29 bits per heavy atom. The Morgan fingerprint density at radius 3 is 1.81 bits per heavy atom. The molecule has 3 N–H and O–H groups in total. The number of hydrogen-bond acceptors (Lipinski definition) is 15. The predicted octanol–water partition coefficient (Wildman–Crippen LogP) is 6.04. The van der Waals surface area contributed by atoms with Crippen molar-refractivity contribution in [2.24, 2.45) is 0 Å². The second-order valence-corrected chi connectivity index (χ2v) is 20.4. The van der Waals surface area contributed by atoms with Crippen molar-refractivity contribution in [3.05, 3.63) is 82.6 Å². The first-order chi connectivity index (χ1) is 35.1. The van der Waals surface area contributed by atoms with Gasteiger partial charge in [0.1, 0.15) is 24.7 Å². The second kappa shape index (κ2) is 33.1. The Labute approximate surface area is 433 Å². The third-order valence-corrected chi connectivity index (χ3v) is 12.9. The fourth-order valence-electron chi connectivity index (χ4n) is 7.99. The first-order valence-corrected chi connectivity index (χ1v) is 26.9. The summed E-state index contributed by atoms with van der Waals surface area (Å²) in [6.45, 7) is 21.4. The summed E-state index contributed by atoms with van der Waals surface area (Å²) in [7, 11) is -0.899. The van der Waals surface area contributed by atoms with Gasteiger partial charge in [-0.25, -0.2) is 4.58 Å². The van der Waals surface area contributed by atoms with E-state index in [4.69, 9.17) is 47.0 Å². The molecule has 0 fully saturated rings. The topological polar surface area (TPSA) is 206 Å². The van der Waals surface area contributed by atoms with E-state index in [2.05, 4.69) is 72.0 Å². The van der Waals surface area contributed by atoms with Gasteiger partial charge in [0.05, 0.1) is 110 Å². The van der Waals surface area contributed by atoms with E-state index in [1.807, 2.05) is 27.0 Å². The van der Waals surface area contributed by atoms with Gasteiger partial charge in [-0.2, -0.15) is 8.42 Å². The molecule has 2 aliphatic heterocycles. The van der Waals surface area contributed by atoms with Gasteiger partial charge in [-0.3, -0.25) is 9.35 Å². The summed E-state index contributed by atoms with van der Waals surface area (Å²) in [5.41, 5.74) is 3.51. The zero-order valence-corrected chi connectivity index (χ0v) is 45.3. The average Bonchev–Trinajstić information content (AvgIpc) is 3.56. The van der Waals surface area contributed by atoms with Crippen LogP contribution in [-0.4, -0.2) is 177 Å². The largest absolute Gasteiger partial charge is 0.481 e. The van der Waals surface area contributed by atoms with Crippen molar-refractivity contribution < 1.29 is 69.9 Å². The zero-order valence-electron chi connectivity index (χ0n) is 44.5. The van der Waals surface area contributed by atoms with Crippen molar-refractivity contribution >= 4 is 27.9 Å². The predicted molar refractivity (Wildman–Crippen MR) is 281 cm³/mol. The van der Waals surface area contributed by atoms with Crippen LogP contribution in [0.1, 0.15) is 77.2 Å². The molecule has 0 amide bonds. The van der Waals surface area contributed by atoms with E-state index in [1.165, 1.54) is 6.07 Å². The maximum absolute atomic E-state index is 12.2. The van der Waals surface area contributed by atoms with E-state index in [1.54, 1.807) is 19.2 Å². The van der Waals surface area contributed by atoms with Gasteiger partial charge in [0.15, 0.2) is 13.1 Å². The maximum Gasteiger partial charge on any atom is 0.303 e. The lowest BCUT2D eigenvalue weighted by Gasteiger charge is -2.27. The monoisotopic (exact) mass is 1050 g/mol. The Hall–Kier alpha value is -4.09. The first kappa shape index (κ1) is 61.5.